The average molecular weight is 185 g/mol. The van der Waals surface area contributed by atoms with Crippen molar-refractivity contribution >= 4 is 0 Å². The second-order valence-corrected chi connectivity index (χ2v) is 2.88. The molecule has 78 valence electrons. The maximum Gasteiger partial charge on any atom is 0.0692 e. The Balaban J connectivity index is 0. The number of hydrogen-bond donors (Lipinski definition) is 0. The lowest BCUT2D eigenvalue weighted by molar-refractivity contribution is 0.626. The molecule has 1 rings (SSSR count). The summed E-state index contributed by atoms with van der Waals surface area (Å²) in [6.45, 7) is 10.6. The van der Waals surface area contributed by atoms with Crippen LogP contribution in [0.5, 0.6) is 0 Å². The van der Waals surface area contributed by atoms with Crippen LogP contribution in [0.25, 0.3) is 0 Å². The highest BCUT2D eigenvalue weighted by atomic mass is 15.4. The van der Waals surface area contributed by atoms with Gasteiger partial charge in [0.05, 0.1) is 6.20 Å². The van der Waals surface area contributed by atoms with Crippen molar-refractivity contribution in [3.8, 4) is 0 Å². The molecule has 0 spiro atoms. The first kappa shape index (κ1) is 14.7. The Morgan fingerprint density at radius 3 is 1.85 bits per heavy atom. The van der Waals surface area contributed by atoms with Gasteiger partial charge in [-0.25, -0.2) is 0 Å². The molecule has 0 saturated carbocycles. The number of rotatable bonds is 1. The topological polar surface area (TPSA) is 30.7 Å². The summed E-state index contributed by atoms with van der Waals surface area (Å²) in [5, 5.41) is 7.12. The Morgan fingerprint density at radius 2 is 1.77 bits per heavy atom. The zero-order chi connectivity index (χ0) is 10.7. The Morgan fingerprint density at radius 1 is 1.31 bits per heavy atom. The van der Waals surface area contributed by atoms with Crippen LogP contribution in [0.2, 0.25) is 0 Å². The molecule has 13 heavy (non-hydrogen) atoms. The number of aryl methyl sites for hydroxylation is 1. The standard InChI is InChI=1S/C5H12.C3H5N3.C2H6/c1-4-5(2)3;1-6-3-2-4-5-6;1-2/h5H,4H2,1-3H3;2-3H,1H3;1-2H3. The van der Waals surface area contributed by atoms with Crippen LogP contribution in [0.3, 0.4) is 0 Å². The minimum absolute atomic E-state index is 0.884. The van der Waals surface area contributed by atoms with Crippen LogP contribution in [-0.2, 0) is 7.05 Å². The number of aromatic nitrogens is 3. The second kappa shape index (κ2) is 11.1. The lowest BCUT2D eigenvalue weighted by atomic mass is 10.2. The molecular weight excluding hydrogens is 162 g/mol. The first-order chi connectivity index (χ1) is 6.16. The number of hydrogen-bond acceptors (Lipinski definition) is 2. The maximum absolute atomic E-state index is 3.58. The fourth-order valence-corrected chi connectivity index (χ4v) is 0.267. The highest BCUT2D eigenvalue weighted by Gasteiger charge is 1.80. The Kier molecular flexibility index (Phi) is 12.6. The van der Waals surface area contributed by atoms with Crippen LogP contribution in [0.15, 0.2) is 12.4 Å². The zero-order valence-electron chi connectivity index (χ0n) is 9.78. The van der Waals surface area contributed by atoms with Gasteiger partial charge >= 0.3 is 0 Å². The minimum Gasteiger partial charge on any atom is -0.256 e. The van der Waals surface area contributed by atoms with Gasteiger partial charge in [0.2, 0.25) is 0 Å². The van der Waals surface area contributed by atoms with E-state index >= 15 is 0 Å². The SMILES string of the molecule is CC.CCC(C)C.Cn1ccnn1. The van der Waals surface area contributed by atoms with E-state index in [9.17, 15) is 0 Å². The predicted molar refractivity (Wildman–Crippen MR) is 57.5 cm³/mol. The van der Waals surface area contributed by atoms with E-state index in [0.29, 0.717) is 0 Å². The summed E-state index contributed by atoms with van der Waals surface area (Å²) in [6, 6.07) is 0. The van der Waals surface area contributed by atoms with Crippen molar-refractivity contribution in [3.63, 3.8) is 0 Å². The van der Waals surface area contributed by atoms with Crippen LogP contribution in [0.4, 0.5) is 0 Å². The van der Waals surface area contributed by atoms with Crippen LogP contribution < -0.4 is 0 Å². The van der Waals surface area contributed by atoms with Gasteiger partial charge < -0.3 is 0 Å². The van der Waals surface area contributed by atoms with Crippen LogP contribution in [0, 0.1) is 5.92 Å². The van der Waals surface area contributed by atoms with Crippen molar-refractivity contribution < 1.29 is 0 Å². The van der Waals surface area contributed by atoms with Gasteiger partial charge in [0, 0.05) is 13.2 Å². The van der Waals surface area contributed by atoms with Crippen molar-refractivity contribution in [1.82, 2.24) is 15.0 Å². The van der Waals surface area contributed by atoms with Gasteiger partial charge in [0.15, 0.2) is 0 Å². The predicted octanol–water partition coefficient (Wildman–Crippen LogP) is 2.89. The molecule has 0 aliphatic rings. The molecular formula is C10H23N3. The second-order valence-electron chi connectivity index (χ2n) is 2.88. The van der Waals surface area contributed by atoms with Gasteiger partial charge in [-0.3, -0.25) is 4.68 Å². The quantitative estimate of drug-likeness (QED) is 0.673. The highest BCUT2D eigenvalue weighted by molar-refractivity contribution is 4.59. The maximum atomic E-state index is 3.58. The van der Waals surface area contributed by atoms with Crippen LogP contribution in [-0.4, -0.2) is 15.0 Å². The third kappa shape index (κ3) is 14.0. The molecule has 0 aliphatic carbocycles. The molecule has 0 aromatic carbocycles. The van der Waals surface area contributed by atoms with Crippen molar-refractivity contribution in [2.24, 2.45) is 13.0 Å². The van der Waals surface area contributed by atoms with E-state index in [1.165, 1.54) is 6.42 Å². The van der Waals surface area contributed by atoms with Gasteiger partial charge in [0.25, 0.3) is 0 Å². The van der Waals surface area contributed by atoms with Crippen molar-refractivity contribution in [2.75, 3.05) is 0 Å². The summed E-state index contributed by atoms with van der Waals surface area (Å²) >= 11 is 0. The first-order valence-electron chi connectivity index (χ1n) is 4.97. The molecule has 0 bridgehead atoms. The van der Waals surface area contributed by atoms with E-state index in [-0.39, 0.29) is 0 Å². The van der Waals surface area contributed by atoms with Gasteiger partial charge in [-0.15, -0.1) is 5.10 Å². The molecule has 1 aromatic rings. The fraction of sp³-hybridized carbons (Fsp3) is 0.800. The third-order valence-corrected chi connectivity index (χ3v) is 1.36. The zero-order valence-corrected chi connectivity index (χ0v) is 9.78. The summed E-state index contributed by atoms with van der Waals surface area (Å²) < 4.78 is 1.64. The fourth-order valence-electron chi connectivity index (χ4n) is 0.267. The molecule has 0 saturated heterocycles. The highest BCUT2D eigenvalue weighted by Crippen LogP contribution is 1.93. The van der Waals surface area contributed by atoms with Crippen LogP contribution in [0.1, 0.15) is 41.0 Å². The van der Waals surface area contributed by atoms with E-state index in [0.717, 1.165) is 5.92 Å². The molecule has 0 aliphatic heterocycles. The first-order valence-corrected chi connectivity index (χ1v) is 4.97. The van der Waals surface area contributed by atoms with Crippen molar-refractivity contribution in [1.29, 1.82) is 0 Å². The van der Waals surface area contributed by atoms with Gasteiger partial charge in [0.1, 0.15) is 0 Å². The molecule has 3 heteroatoms. The normalized spacial score (nSPS) is 8.23. The largest absolute Gasteiger partial charge is 0.256 e. The minimum atomic E-state index is 0.884. The van der Waals surface area contributed by atoms with Crippen LogP contribution >= 0.6 is 0 Å². The monoisotopic (exact) mass is 185 g/mol. The summed E-state index contributed by atoms with van der Waals surface area (Å²) in [4.78, 5) is 0. The molecule has 0 N–H and O–H groups in total. The average Bonchev–Trinajstić information content (AvgIpc) is 2.60. The smallest absolute Gasteiger partial charge is 0.0692 e. The summed E-state index contributed by atoms with van der Waals surface area (Å²) in [5.41, 5.74) is 0. The summed E-state index contributed by atoms with van der Waals surface area (Å²) in [7, 11) is 1.83. The number of nitrogens with zero attached hydrogens (tertiary/aromatic N) is 3. The Hall–Kier alpha value is -0.860. The molecule has 0 unspecified atom stereocenters. The Bertz CT molecular complexity index is 157. The van der Waals surface area contributed by atoms with E-state index < -0.39 is 0 Å². The van der Waals surface area contributed by atoms with Crippen molar-refractivity contribution in [3.05, 3.63) is 12.4 Å². The molecule has 0 fully saturated rings. The summed E-state index contributed by atoms with van der Waals surface area (Å²) in [5.74, 6) is 0.884. The van der Waals surface area contributed by atoms with E-state index in [2.05, 4.69) is 31.1 Å². The lowest BCUT2D eigenvalue weighted by Crippen LogP contribution is -1.85. The Labute approximate surface area is 82.2 Å². The molecule has 3 nitrogen and oxygen atoms in total. The lowest BCUT2D eigenvalue weighted by Gasteiger charge is -1.90. The molecule has 0 radical (unpaired) electrons. The van der Waals surface area contributed by atoms with Gasteiger partial charge in [-0.2, -0.15) is 0 Å². The molecule has 0 atom stereocenters. The van der Waals surface area contributed by atoms with Gasteiger partial charge in [-0.1, -0.05) is 46.3 Å². The molecule has 0 amide bonds. The third-order valence-electron chi connectivity index (χ3n) is 1.36. The molecule has 1 aromatic heterocycles. The van der Waals surface area contributed by atoms with E-state index in [1.807, 2.05) is 20.9 Å². The van der Waals surface area contributed by atoms with E-state index in [1.54, 1.807) is 17.1 Å². The van der Waals surface area contributed by atoms with Gasteiger partial charge in [-0.05, 0) is 5.92 Å². The van der Waals surface area contributed by atoms with E-state index in [4.69, 9.17) is 0 Å². The summed E-state index contributed by atoms with van der Waals surface area (Å²) in [6.07, 6.45) is 4.72. The van der Waals surface area contributed by atoms with Crippen molar-refractivity contribution in [2.45, 2.75) is 41.0 Å². The molecule has 1 heterocycles.